The normalized spacial score (nSPS) is 19.1. The Kier molecular flexibility index (Phi) is 6.49. The molecule has 0 radical (unpaired) electrons. The average molecular weight is 307 g/mol. The lowest BCUT2D eigenvalue weighted by molar-refractivity contribution is -0.0854. The third kappa shape index (κ3) is 5.62. The Morgan fingerprint density at radius 2 is 2.37 bits per heavy atom. The van der Waals surface area contributed by atoms with Gasteiger partial charge in [0.25, 0.3) is 0 Å². The molecule has 0 aromatic carbocycles. The van der Waals surface area contributed by atoms with Crippen LogP contribution in [0.2, 0.25) is 0 Å². The molecule has 1 saturated heterocycles. The molecule has 0 bridgehead atoms. The van der Waals surface area contributed by atoms with Crippen molar-refractivity contribution in [2.24, 2.45) is 0 Å². The molecule has 7 heteroatoms. The third-order valence-corrected chi connectivity index (χ3v) is 3.81. The molecule has 0 atom stereocenters. The molecule has 0 spiro atoms. The lowest BCUT2D eigenvalue weighted by Crippen LogP contribution is -2.49. The molecule has 0 unspecified atom stereocenters. The monoisotopic (exact) mass is 306 g/mol. The van der Waals surface area contributed by atoms with Crippen molar-refractivity contribution in [1.82, 2.24) is 15.2 Å². The number of ether oxygens (including phenoxy) is 1. The van der Waals surface area contributed by atoms with E-state index in [9.17, 15) is 0 Å². The summed E-state index contributed by atoms with van der Waals surface area (Å²) in [6.07, 6.45) is 1.84. The molecule has 3 N–H and O–H groups in total. The van der Waals surface area contributed by atoms with Crippen LogP contribution in [-0.4, -0.2) is 48.3 Å². The second-order valence-corrected chi connectivity index (χ2v) is 6.37. The van der Waals surface area contributed by atoms with Crippen molar-refractivity contribution in [2.75, 3.05) is 38.5 Å². The van der Waals surface area contributed by atoms with Gasteiger partial charge >= 0.3 is 0 Å². The molecule has 2 heterocycles. The highest BCUT2D eigenvalue weighted by molar-refractivity contribution is 7.15. The van der Waals surface area contributed by atoms with Gasteiger partial charge in [0.05, 0.1) is 12.2 Å². The van der Waals surface area contributed by atoms with Crippen molar-refractivity contribution in [1.29, 1.82) is 0 Å². The predicted octanol–water partition coefficient (Wildman–Crippen LogP) is 1.35. The summed E-state index contributed by atoms with van der Waals surface area (Å²) in [5.41, 5.74) is 5.58. The van der Waals surface area contributed by atoms with Crippen molar-refractivity contribution in [3.63, 3.8) is 0 Å². The zero-order chi connectivity index (χ0) is 13.0. The van der Waals surface area contributed by atoms with Gasteiger partial charge in [0.15, 0.2) is 5.13 Å². The van der Waals surface area contributed by atoms with Gasteiger partial charge in [-0.1, -0.05) is 0 Å². The van der Waals surface area contributed by atoms with Crippen LogP contribution >= 0.6 is 23.7 Å². The fourth-order valence-corrected chi connectivity index (χ4v) is 2.81. The van der Waals surface area contributed by atoms with Crippen molar-refractivity contribution in [3.05, 3.63) is 11.1 Å². The number of hydrogen-bond donors (Lipinski definition) is 2. The maximum absolute atomic E-state index is 5.69. The third-order valence-electron chi connectivity index (χ3n) is 2.98. The quantitative estimate of drug-likeness (QED) is 0.804. The first-order chi connectivity index (χ1) is 8.55. The molecule has 0 aliphatic carbocycles. The number of nitrogens with zero attached hydrogens (tertiary/aromatic N) is 2. The molecule has 0 amide bonds. The first kappa shape index (κ1) is 16.7. The summed E-state index contributed by atoms with van der Waals surface area (Å²) in [7, 11) is 0. The number of hydrogen-bond acceptors (Lipinski definition) is 6. The topological polar surface area (TPSA) is 63.4 Å². The molecular formula is C12H23ClN4OS. The lowest BCUT2D eigenvalue weighted by atomic mass is 10.1. The molecular weight excluding hydrogens is 284 g/mol. The van der Waals surface area contributed by atoms with Crippen LogP contribution in [0.1, 0.15) is 18.7 Å². The minimum absolute atomic E-state index is 0. The maximum Gasteiger partial charge on any atom is 0.180 e. The second kappa shape index (κ2) is 7.40. The van der Waals surface area contributed by atoms with E-state index in [4.69, 9.17) is 10.5 Å². The first-order valence-electron chi connectivity index (χ1n) is 6.32. The summed E-state index contributed by atoms with van der Waals surface area (Å²) in [5, 5.41) is 4.06. The summed E-state index contributed by atoms with van der Waals surface area (Å²) in [6, 6.07) is 0. The van der Waals surface area contributed by atoms with Crippen LogP contribution in [0.4, 0.5) is 5.13 Å². The number of anilines is 1. The molecule has 1 fully saturated rings. The SMILES string of the molecule is CC1(C)CN(CCNCc2cnc(N)s2)CCO1.Cl. The standard InChI is InChI=1S/C12H22N4OS.ClH/c1-12(2)9-16(5-6-17-12)4-3-14-7-10-8-15-11(13)18-10;/h8,14H,3-7,9H2,1-2H3,(H2,13,15);1H. The Hall–Kier alpha value is -0.400. The Morgan fingerprint density at radius 1 is 1.58 bits per heavy atom. The van der Waals surface area contributed by atoms with Crippen LogP contribution in [0.25, 0.3) is 0 Å². The molecule has 2 rings (SSSR count). The van der Waals surface area contributed by atoms with E-state index in [2.05, 4.69) is 29.0 Å². The van der Waals surface area contributed by atoms with Gasteiger partial charge < -0.3 is 15.8 Å². The molecule has 5 nitrogen and oxygen atoms in total. The van der Waals surface area contributed by atoms with E-state index in [1.165, 1.54) is 4.88 Å². The van der Waals surface area contributed by atoms with E-state index in [-0.39, 0.29) is 18.0 Å². The number of aromatic nitrogens is 1. The van der Waals surface area contributed by atoms with Crippen molar-refractivity contribution < 1.29 is 4.74 Å². The van der Waals surface area contributed by atoms with Crippen LogP contribution < -0.4 is 11.1 Å². The lowest BCUT2D eigenvalue weighted by Gasteiger charge is -2.38. The van der Waals surface area contributed by atoms with E-state index in [0.29, 0.717) is 5.13 Å². The maximum atomic E-state index is 5.69. The fourth-order valence-electron chi connectivity index (χ4n) is 2.16. The Morgan fingerprint density at radius 3 is 3.00 bits per heavy atom. The predicted molar refractivity (Wildman–Crippen MR) is 82.0 cm³/mol. The molecule has 110 valence electrons. The highest BCUT2D eigenvalue weighted by Crippen LogP contribution is 2.16. The van der Waals surface area contributed by atoms with Gasteiger partial charge in [0, 0.05) is 43.8 Å². The van der Waals surface area contributed by atoms with E-state index in [1.54, 1.807) is 11.3 Å². The van der Waals surface area contributed by atoms with Crippen LogP contribution in [0.15, 0.2) is 6.20 Å². The summed E-state index contributed by atoms with van der Waals surface area (Å²) in [4.78, 5) is 7.67. The molecule has 1 aliphatic rings. The van der Waals surface area contributed by atoms with Crippen LogP contribution in [0.3, 0.4) is 0 Å². The zero-order valence-corrected chi connectivity index (χ0v) is 13.1. The molecule has 1 aliphatic heterocycles. The summed E-state index contributed by atoms with van der Waals surface area (Å²) < 4.78 is 5.69. The molecule has 1 aromatic rings. The van der Waals surface area contributed by atoms with Gasteiger partial charge in [-0.15, -0.1) is 23.7 Å². The Labute approximate surface area is 124 Å². The first-order valence-corrected chi connectivity index (χ1v) is 7.14. The van der Waals surface area contributed by atoms with Gasteiger partial charge in [0.1, 0.15) is 0 Å². The summed E-state index contributed by atoms with van der Waals surface area (Å²) >= 11 is 1.54. The number of rotatable bonds is 5. The van der Waals surface area contributed by atoms with Gasteiger partial charge in [-0.2, -0.15) is 0 Å². The highest BCUT2D eigenvalue weighted by Gasteiger charge is 2.26. The van der Waals surface area contributed by atoms with Gasteiger partial charge in [-0.05, 0) is 13.8 Å². The smallest absolute Gasteiger partial charge is 0.180 e. The Balaban J connectivity index is 0.00000180. The zero-order valence-electron chi connectivity index (χ0n) is 11.5. The van der Waals surface area contributed by atoms with Gasteiger partial charge in [0.2, 0.25) is 0 Å². The molecule has 0 saturated carbocycles. The molecule has 1 aromatic heterocycles. The number of nitrogens with one attached hydrogen (secondary N) is 1. The van der Waals surface area contributed by atoms with E-state index < -0.39 is 0 Å². The number of nitrogens with two attached hydrogens (primary N) is 1. The summed E-state index contributed by atoms with van der Waals surface area (Å²) in [5.74, 6) is 0. The summed E-state index contributed by atoms with van der Waals surface area (Å²) in [6.45, 7) is 10.0. The van der Waals surface area contributed by atoms with Gasteiger partial charge in [-0.3, -0.25) is 4.90 Å². The minimum Gasteiger partial charge on any atom is -0.375 e. The van der Waals surface area contributed by atoms with E-state index in [1.807, 2.05) is 6.20 Å². The van der Waals surface area contributed by atoms with Gasteiger partial charge in [-0.25, -0.2) is 4.98 Å². The number of thiazole rings is 1. The van der Waals surface area contributed by atoms with Crippen molar-refractivity contribution in [2.45, 2.75) is 26.0 Å². The second-order valence-electron chi connectivity index (χ2n) is 5.23. The van der Waals surface area contributed by atoms with E-state index in [0.717, 1.165) is 39.3 Å². The van der Waals surface area contributed by atoms with E-state index >= 15 is 0 Å². The number of morpholine rings is 1. The fraction of sp³-hybridized carbons (Fsp3) is 0.750. The van der Waals surface area contributed by atoms with Crippen LogP contribution in [0.5, 0.6) is 0 Å². The number of halogens is 1. The van der Waals surface area contributed by atoms with Crippen LogP contribution in [-0.2, 0) is 11.3 Å². The molecule has 19 heavy (non-hydrogen) atoms. The minimum atomic E-state index is -0.00955. The van der Waals surface area contributed by atoms with Crippen molar-refractivity contribution >= 4 is 28.9 Å². The Bertz CT molecular complexity index is 386. The van der Waals surface area contributed by atoms with Crippen LogP contribution in [0, 0.1) is 0 Å². The van der Waals surface area contributed by atoms with Crippen molar-refractivity contribution in [3.8, 4) is 0 Å². The largest absolute Gasteiger partial charge is 0.375 e. The number of nitrogen functional groups attached to an aromatic ring is 1. The highest BCUT2D eigenvalue weighted by atomic mass is 35.5. The average Bonchev–Trinajstić information content (AvgIpc) is 2.69.